The molecular weight excluding hydrogens is 334 g/mol. The van der Waals surface area contributed by atoms with Gasteiger partial charge >= 0.3 is 0 Å². The first-order valence-corrected chi connectivity index (χ1v) is 8.78. The maximum atomic E-state index is 12.6. The number of benzene rings is 1. The maximum absolute atomic E-state index is 12.6. The third kappa shape index (κ3) is 3.25. The number of nitrogens with zero attached hydrogens (tertiary/aromatic N) is 2. The first-order chi connectivity index (χ1) is 11.9. The number of carbonyl (C=O) groups is 2. The van der Waals surface area contributed by atoms with E-state index in [0.29, 0.717) is 10.7 Å². The van der Waals surface area contributed by atoms with Gasteiger partial charge in [-0.05, 0) is 57.0 Å². The van der Waals surface area contributed by atoms with Crippen LogP contribution in [0.2, 0.25) is 0 Å². The van der Waals surface area contributed by atoms with E-state index in [9.17, 15) is 9.59 Å². The van der Waals surface area contributed by atoms with Crippen LogP contribution in [0.1, 0.15) is 32.9 Å². The van der Waals surface area contributed by atoms with Crippen molar-refractivity contribution < 1.29 is 9.59 Å². The molecule has 3 aromatic rings. The van der Waals surface area contributed by atoms with Gasteiger partial charge in [-0.25, -0.2) is 4.98 Å². The Kier molecular flexibility index (Phi) is 4.55. The molecule has 0 radical (unpaired) electrons. The zero-order chi connectivity index (χ0) is 18.1. The number of hydrogen-bond acceptors (Lipinski definition) is 4. The van der Waals surface area contributed by atoms with Crippen molar-refractivity contribution in [2.45, 2.75) is 27.7 Å². The number of aromatic nitrogens is 2. The summed E-state index contributed by atoms with van der Waals surface area (Å²) < 4.78 is 2.00. The SMILES string of the molecule is Cc1ccc(-n2c(C)cc(C(=O)C(=O)Nc3nccs3)c2C)cc1C. The summed E-state index contributed by atoms with van der Waals surface area (Å²) in [6, 6.07) is 7.92. The van der Waals surface area contributed by atoms with Gasteiger partial charge < -0.3 is 4.57 Å². The average Bonchev–Trinajstić information content (AvgIpc) is 3.17. The van der Waals surface area contributed by atoms with E-state index in [4.69, 9.17) is 0 Å². The van der Waals surface area contributed by atoms with E-state index in [0.717, 1.165) is 17.1 Å². The van der Waals surface area contributed by atoms with Crippen LogP contribution in [0.25, 0.3) is 5.69 Å². The molecule has 0 aliphatic carbocycles. The van der Waals surface area contributed by atoms with Crippen molar-refractivity contribution >= 4 is 28.2 Å². The molecule has 0 bridgehead atoms. The number of Topliss-reactive ketones (excluding diaryl/α,β-unsaturated/α-hetero) is 1. The van der Waals surface area contributed by atoms with Gasteiger partial charge in [0.1, 0.15) is 0 Å². The molecule has 5 nitrogen and oxygen atoms in total. The molecule has 0 fully saturated rings. The van der Waals surface area contributed by atoms with Crippen LogP contribution in [0.5, 0.6) is 0 Å². The number of hydrogen-bond donors (Lipinski definition) is 1. The Balaban J connectivity index is 1.94. The molecule has 3 rings (SSSR count). The first-order valence-electron chi connectivity index (χ1n) is 7.90. The quantitative estimate of drug-likeness (QED) is 0.570. The lowest BCUT2D eigenvalue weighted by molar-refractivity contribution is -0.112. The van der Waals surface area contributed by atoms with Crippen molar-refractivity contribution in [1.29, 1.82) is 0 Å². The van der Waals surface area contributed by atoms with E-state index in [1.165, 1.54) is 22.5 Å². The normalized spacial score (nSPS) is 10.7. The van der Waals surface area contributed by atoms with Gasteiger partial charge in [-0.3, -0.25) is 14.9 Å². The first kappa shape index (κ1) is 17.1. The number of nitrogens with one attached hydrogen (secondary N) is 1. The Bertz CT molecular complexity index is 955. The molecule has 0 atom stereocenters. The molecule has 25 heavy (non-hydrogen) atoms. The maximum Gasteiger partial charge on any atom is 0.298 e. The Hall–Kier alpha value is -2.73. The molecule has 0 aliphatic heterocycles. The van der Waals surface area contributed by atoms with Crippen LogP contribution in [0.4, 0.5) is 5.13 Å². The van der Waals surface area contributed by atoms with Gasteiger partial charge in [0, 0.05) is 34.2 Å². The van der Waals surface area contributed by atoms with E-state index in [2.05, 4.69) is 36.3 Å². The number of rotatable bonds is 4. The average molecular weight is 353 g/mol. The summed E-state index contributed by atoms with van der Waals surface area (Å²) in [5.41, 5.74) is 5.44. The van der Waals surface area contributed by atoms with Crippen molar-refractivity contribution in [3.8, 4) is 5.69 Å². The van der Waals surface area contributed by atoms with Crippen LogP contribution in [0.3, 0.4) is 0 Å². The Morgan fingerprint density at radius 2 is 1.84 bits per heavy atom. The minimum Gasteiger partial charge on any atom is -0.318 e. The van der Waals surface area contributed by atoms with Crippen LogP contribution in [-0.2, 0) is 4.79 Å². The van der Waals surface area contributed by atoms with Gasteiger partial charge in [0.2, 0.25) is 0 Å². The smallest absolute Gasteiger partial charge is 0.298 e. The molecule has 0 aliphatic rings. The molecule has 0 spiro atoms. The monoisotopic (exact) mass is 353 g/mol. The standard InChI is InChI=1S/C19H19N3O2S/c1-11-5-6-15(9-12(11)2)22-13(3)10-16(14(22)4)17(23)18(24)21-19-20-7-8-25-19/h5-10H,1-4H3,(H,20,21,24). The van der Waals surface area contributed by atoms with Gasteiger partial charge in [-0.2, -0.15) is 0 Å². The predicted molar refractivity (Wildman–Crippen MR) is 99.8 cm³/mol. The number of ketones is 1. The minimum absolute atomic E-state index is 0.407. The van der Waals surface area contributed by atoms with Crippen molar-refractivity contribution in [2.24, 2.45) is 0 Å². The van der Waals surface area contributed by atoms with E-state index in [1.54, 1.807) is 17.6 Å². The second kappa shape index (κ2) is 6.64. The fourth-order valence-electron chi connectivity index (χ4n) is 2.82. The van der Waals surface area contributed by atoms with E-state index in [-0.39, 0.29) is 0 Å². The molecule has 1 aromatic carbocycles. The molecule has 6 heteroatoms. The van der Waals surface area contributed by atoms with Gasteiger partial charge in [0.15, 0.2) is 5.13 Å². The summed E-state index contributed by atoms with van der Waals surface area (Å²) in [5, 5.41) is 4.70. The van der Waals surface area contributed by atoms with Gasteiger partial charge in [0.25, 0.3) is 11.7 Å². The Morgan fingerprint density at radius 3 is 2.48 bits per heavy atom. The lowest BCUT2D eigenvalue weighted by Crippen LogP contribution is -2.23. The van der Waals surface area contributed by atoms with Crippen molar-refractivity contribution in [3.05, 3.63) is 63.9 Å². The zero-order valence-electron chi connectivity index (χ0n) is 14.6. The predicted octanol–water partition coefficient (Wildman–Crippen LogP) is 3.99. The summed E-state index contributed by atoms with van der Waals surface area (Å²) in [5.74, 6) is -1.23. The van der Waals surface area contributed by atoms with Gasteiger partial charge in [0.05, 0.1) is 0 Å². The van der Waals surface area contributed by atoms with Gasteiger partial charge in [-0.1, -0.05) is 6.07 Å². The molecule has 0 unspecified atom stereocenters. The summed E-state index contributed by atoms with van der Waals surface area (Å²) in [4.78, 5) is 28.7. The molecule has 0 saturated heterocycles. The molecule has 128 valence electrons. The Labute approximate surface area is 150 Å². The summed E-state index contributed by atoms with van der Waals surface area (Å²) in [6.07, 6.45) is 1.58. The van der Waals surface area contributed by atoms with Crippen LogP contribution in [-0.4, -0.2) is 21.2 Å². The second-order valence-corrected chi connectivity index (χ2v) is 6.90. The van der Waals surface area contributed by atoms with Crippen molar-refractivity contribution in [1.82, 2.24) is 9.55 Å². The molecule has 2 aromatic heterocycles. The highest BCUT2D eigenvalue weighted by molar-refractivity contribution is 7.13. The van der Waals surface area contributed by atoms with Crippen LogP contribution >= 0.6 is 11.3 Å². The number of aryl methyl sites for hydroxylation is 3. The number of thiazole rings is 1. The van der Waals surface area contributed by atoms with Crippen LogP contribution < -0.4 is 5.32 Å². The highest BCUT2D eigenvalue weighted by Crippen LogP contribution is 2.23. The largest absolute Gasteiger partial charge is 0.318 e. The van der Waals surface area contributed by atoms with Crippen molar-refractivity contribution in [2.75, 3.05) is 5.32 Å². The minimum atomic E-state index is -0.671. The lowest BCUT2D eigenvalue weighted by atomic mass is 10.1. The topological polar surface area (TPSA) is 64.0 Å². The highest BCUT2D eigenvalue weighted by atomic mass is 32.1. The molecule has 1 amide bonds. The fourth-order valence-corrected chi connectivity index (χ4v) is 3.34. The number of amides is 1. The van der Waals surface area contributed by atoms with Crippen molar-refractivity contribution in [3.63, 3.8) is 0 Å². The molecule has 0 saturated carbocycles. The zero-order valence-corrected chi connectivity index (χ0v) is 15.4. The molecule has 2 heterocycles. The highest BCUT2D eigenvalue weighted by Gasteiger charge is 2.23. The number of anilines is 1. The third-order valence-electron chi connectivity index (χ3n) is 4.28. The second-order valence-electron chi connectivity index (χ2n) is 6.01. The fraction of sp³-hybridized carbons (Fsp3) is 0.211. The molecule has 1 N–H and O–H groups in total. The van der Waals surface area contributed by atoms with E-state index < -0.39 is 11.7 Å². The van der Waals surface area contributed by atoms with Crippen LogP contribution in [0.15, 0.2) is 35.8 Å². The van der Waals surface area contributed by atoms with E-state index >= 15 is 0 Å². The van der Waals surface area contributed by atoms with E-state index in [1.807, 2.05) is 24.5 Å². The summed E-state index contributed by atoms with van der Waals surface area (Å²) >= 11 is 1.28. The summed E-state index contributed by atoms with van der Waals surface area (Å²) in [7, 11) is 0. The molecular formula is C19H19N3O2S. The van der Waals surface area contributed by atoms with Crippen LogP contribution in [0, 0.1) is 27.7 Å². The van der Waals surface area contributed by atoms with Gasteiger partial charge in [-0.15, -0.1) is 11.3 Å². The number of carbonyl (C=O) groups excluding carboxylic acids is 2. The summed E-state index contributed by atoms with van der Waals surface area (Å²) in [6.45, 7) is 7.90. The Morgan fingerprint density at radius 1 is 1.08 bits per heavy atom. The lowest BCUT2D eigenvalue weighted by Gasteiger charge is -2.12. The third-order valence-corrected chi connectivity index (χ3v) is 4.97.